The van der Waals surface area contributed by atoms with Gasteiger partial charge in [-0.2, -0.15) is 0 Å². The van der Waals surface area contributed by atoms with E-state index in [9.17, 15) is 5.11 Å². The predicted octanol–water partition coefficient (Wildman–Crippen LogP) is 1.15. The maximum Gasteiger partial charge on any atom is 0.133 e. The Kier molecular flexibility index (Phi) is 6.16. The van der Waals surface area contributed by atoms with Crippen LogP contribution in [0.1, 0.15) is 5.82 Å². The molecule has 0 aliphatic carbocycles. The summed E-state index contributed by atoms with van der Waals surface area (Å²) < 4.78 is 8.36. The maximum atomic E-state index is 9.86. The second kappa shape index (κ2) is 8.11. The second-order valence-corrected chi connectivity index (χ2v) is 5.65. The van der Waals surface area contributed by atoms with Gasteiger partial charge in [0.15, 0.2) is 0 Å². The first kappa shape index (κ1) is 15.9. The van der Waals surface area contributed by atoms with E-state index < -0.39 is 6.10 Å². The summed E-state index contributed by atoms with van der Waals surface area (Å²) in [6, 6.07) is 7.55. The Hall–Kier alpha value is -1.44. The summed E-state index contributed by atoms with van der Waals surface area (Å²) in [5.41, 5.74) is 0. The van der Waals surface area contributed by atoms with E-state index in [1.165, 1.54) is 0 Å². The standard InChI is InChI=1S/C14H19BrN4O2/c1-19-10-17-18-14(19)5-6-16-8-12(20)9-21-13-4-2-3-11(15)7-13/h2-4,7,10,12,16,20H,5-6,8-9H2,1H3. The maximum absolute atomic E-state index is 9.86. The molecule has 1 heterocycles. The van der Waals surface area contributed by atoms with E-state index in [1.54, 1.807) is 6.33 Å². The molecule has 0 spiro atoms. The molecule has 1 aromatic heterocycles. The molecule has 7 heteroatoms. The summed E-state index contributed by atoms with van der Waals surface area (Å²) in [7, 11) is 1.91. The highest BCUT2D eigenvalue weighted by molar-refractivity contribution is 9.10. The number of halogens is 1. The first-order chi connectivity index (χ1) is 10.1. The lowest BCUT2D eigenvalue weighted by Gasteiger charge is -2.13. The Morgan fingerprint density at radius 1 is 1.48 bits per heavy atom. The van der Waals surface area contributed by atoms with Crippen molar-refractivity contribution >= 4 is 15.9 Å². The summed E-state index contributed by atoms with van der Waals surface area (Å²) in [5.74, 6) is 1.66. The minimum absolute atomic E-state index is 0.257. The van der Waals surface area contributed by atoms with Gasteiger partial charge in [-0.05, 0) is 18.2 Å². The van der Waals surface area contributed by atoms with Crippen molar-refractivity contribution < 1.29 is 9.84 Å². The van der Waals surface area contributed by atoms with Crippen LogP contribution in [-0.2, 0) is 13.5 Å². The van der Waals surface area contributed by atoms with Crippen molar-refractivity contribution in [1.29, 1.82) is 0 Å². The predicted molar refractivity (Wildman–Crippen MR) is 83.2 cm³/mol. The van der Waals surface area contributed by atoms with Crippen molar-refractivity contribution in [3.8, 4) is 5.75 Å². The summed E-state index contributed by atoms with van der Waals surface area (Å²) >= 11 is 3.38. The molecule has 0 saturated carbocycles. The quantitative estimate of drug-likeness (QED) is 0.695. The number of nitrogens with one attached hydrogen (secondary N) is 1. The fraction of sp³-hybridized carbons (Fsp3) is 0.429. The van der Waals surface area contributed by atoms with Crippen molar-refractivity contribution in [3.63, 3.8) is 0 Å². The van der Waals surface area contributed by atoms with Gasteiger partial charge in [0.1, 0.15) is 30.6 Å². The normalized spacial score (nSPS) is 12.3. The Labute approximate surface area is 132 Å². The molecule has 2 N–H and O–H groups in total. The molecule has 21 heavy (non-hydrogen) atoms. The summed E-state index contributed by atoms with van der Waals surface area (Å²) in [6.07, 6.45) is 1.90. The third kappa shape index (κ3) is 5.45. The monoisotopic (exact) mass is 354 g/mol. The highest BCUT2D eigenvalue weighted by Gasteiger charge is 2.06. The minimum atomic E-state index is -0.552. The summed E-state index contributed by atoms with van der Waals surface area (Å²) in [5, 5.41) is 20.9. The molecule has 0 radical (unpaired) electrons. The largest absolute Gasteiger partial charge is 0.491 e. The van der Waals surface area contributed by atoms with Crippen molar-refractivity contribution in [2.24, 2.45) is 7.05 Å². The van der Waals surface area contributed by atoms with Crippen LogP contribution in [0, 0.1) is 0 Å². The van der Waals surface area contributed by atoms with E-state index in [-0.39, 0.29) is 6.61 Å². The fourth-order valence-electron chi connectivity index (χ4n) is 1.81. The lowest BCUT2D eigenvalue weighted by atomic mass is 10.3. The van der Waals surface area contributed by atoms with Crippen molar-refractivity contribution in [2.45, 2.75) is 12.5 Å². The number of aryl methyl sites for hydroxylation is 1. The average Bonchev–Trinajstić information content (AvgIpc) is 2.87. The molecule has 0 aliphatic rings. The minimum Gasteiger partial charge on any atom is -0.491 e. The number of ether oxygens (including phenoxy) is 1. The van der Waals surface area contributed by atoms with Crippen LogP contribution >= 0.6 is 15.9 Å². The number of nitrogens with zero attached hydrogens (tertiary/aromatic N) is 3. The third-order valence-corrected chi connectivity index (χ3v) is 3.44. The number of aliphatic hydroxyl groups is 1. The fourth-order valence-corrected chi connectivity index (χ4v) is 2.19. The SMILES string of the molecule is Cn1cnnc1CCNCC(O)COc1cccc(Br)c1. The lowest BCUT2D eigenvalue weighted by Crippen LogP contribution is -2.32. The van der Waals surface area contributed by atoms with E-state index in [4.69, 9.17) is 4.74 Å². The number of benzene rings is 1. The van der Waals surface area contributed by atoms with E-state index in [1.807, 2.05) is 35.9 Å². The molecule has 1 aromatic carbocycles. The number of aromatic nitrogens is 3. The van der Waals surface area contributed by atoms with Gasteiger partial charge in [-0.1, -0.05) is 22.0 Å². The lowest BCUT2D eigenvalue weighted by molar-refractivity contribution is 0.106. The van der Waals surface area contributed by atoms with Gasteiger partial charge in [-0.3, -0.25) is 0 Å². The van der Waals surface area contributed by atoms with Gasteiger partial charge in [-0.15, -0.1) is 10.2 Å². The Morgan fingerprint density at radius 2 is 2.33 bits per heavy atom. The zero-order chi connectivity index (χ0) is 15.1. The number of hydrogen-bond acceptors (Lipinski definition) is 5. The number of aliphatic hydroxyl groups excluding tert-OH is 1. The van der Waals surface area contributed by atoms with Gasteiger partial charge < -0.3 is 19.7 Å². The van der Waals surface area contributed by atoms with Crippen LogP contribution in [0.4, 0.5) is 0 Å². The van der Waals surface area contributed by atoms with Gasteiger partial charge in [0.2, 0.25) is 0 Å². The molecule has 2 rings (SSSR count). The van der Waals surface area contributed by atoms with Crippen LogP contribution in [0.5, 0.6) is 5.75 Å². The first-order valence-corrected chi connectivity index (χ1v) is 7.54. The van der Waals surface area contributed by atoms with E-state index in [0.717, 1.165) is 29.0 Å². The summed E-state index contributed by atoms with van der Waals surface area (Å²) in [6.45, 7) is 1.47. The first-order valence-electron chi connectivity index (χ1n) is 6.75. The molecule has 6 nitrogen and oxygen atoms in total. The molecule has 1 unspecified atom stereocenters. The Balaban J connectivity index is 1.61. The van der Waals surface area contributed by atoms with Gasteiger partial charge >= 0.3 is 0 Å². The van der Waals surface area contributed by atoms with Crippen molar-refractivity contribution in [3.05, 3.63) is 40.9 Å². The molecule has 0 fully saturated rings. The third-order valence-electron chi connectivity index (χ3n) is 2.95. The van der Waals surface area contributed by atoms with Crippen LogP contribution in [-0.4, -0.2) is 45.7 Å². The summed E-state index contributed by atoms with van der Waals surface area (Å²) in [4.78, 5) is 0. The highest BCUT2D eigenvalue weighted by Crippen LogP contribution is 2.17. The van der Waals surface area contributed by atoms with Gasteiger partial charge in [0, 0.05) is 31.0 Å². The molecular weight excluding hydrogens is 336 g/mol. The molecule has 0 bridgehead atoms. The van der Waals surface area contributed by atoms with E-state index >= 15 is 0 Å². The van der Waals surface area contributed by atoms with E-state index in [2.05, 4.69) is 31.4 Å². The Bertz CT molecular complexity index is 561. The molecular formula is C14H19BrN4O2. The van der Waals surface area contributed by atoms with Gasteiger partial charge in [0.25, 0.3) is 0 Å². The van der Waals surface area contributed by atoms with Crippen molar-refractivity contribution in [2.75, 3.05) is 19.7 Å². The van der Waals surface area contributed by atoms with Crippen LogP contribution in [0.15, 0.2) is 35.1 Å². The zero-order valence-corrected chi connectivity index (χ0v) is 13.5. The van der Waals surface area contributed by atoms with E-state index in [0.29, 0.717) is 6.54 Å². The topological polar surface area (TPSA) is 72.2 Å². The average molecular weight is 355 g/mol. The van der Waals surface area contributed by atoms with Crippen LogP contribution in [0.2, 0.25) is 0 Å². The van der Waals surface area contributed by atoms with Crippen LogP contribution in [0.3, 0.4) is 0 Å². The molecule has 114 valence electrons. The number of hydrogen-bond donors (Lipinski definition) is 2. The van der Waals surface area contributed by atoms with Crippen LogP contribution < -0.4 is 10.1 Å². The molecule has 0 amide bonds. The van der Waals surface area contributed by atoms with Gasteiger partial charge in [-0.25, -0.2) is 0 Å². The number of rotatable bonds is 8. The van der Waals surface area contributed by atoms with Crippen LogP contribution in [0.25, 0.3) is 0 Å². The van der Waals surface area contributed by atoms with Gasteiger partial charge in [0.05, 0.1) is 0 Å². The van der Waals surface area contributed by atoms with Crippen molar-refractivity contribution in [1.82, 2.24) is 20.1 Å². The molecule has 0 saturated heterocycles. The molecule has 2 aromatic rings. The smallest absolute Gasteiger partial charge is 0.133 e. The molecule has 0 aliphatic heterocycles. The second-order valence-electron chi connectivity index (χ2n) is 4.73. The molecule has 1 atom stereocenters. The Morgan fingerprint density at radius 3 is 3.05 bits per heavy atom. The zero-order valence-electron chi connectivity index (χ0n) is 11.9. The highest BCUT2D eigenvalue weighted by atomic mass is 79.9.